The average Bonchev–Trinajstić information content (AvgIpc) is 2.63. The van der Waals surface area contributed by atoms with Crippen molar-refractivity contribution < 1.29 is 19.4 Å². The molecule has 0 amide bonds. The van der Waals surface area contributed by atoms with E-state index in [9.17, 15) is 25.0 Å². The van der Waals surface area contributed by atoms with E-state index >= 15 is 0 Å². The number of nitrogens with one attached hydrogen (secondary N) is 1. The first-order valence-corrected chi connectivity index (χ1v) is 7.61. The number of anilines is 1. The van der Waals surface area contributed by atoms with Crippen LogP contribution in [0.3, 0.4) is 0 Å². The van der Waals surface area contributed by atoms with Gasteiger partial charge in [0.05, 0.1) is 22.5 Å². The van der Waals surface area contributed by atoms with Gasteiger partial charge >= 0.3 is 5.97 Å². The lowest BCUT2D eigenvalue weighted by Crippen LogP contribution is -2.05. The molecule has 140 valence electrons. The molecule has 1 rings (SSSR count). The normalized spacial score (nSPS) is 11.7. The first-order valence-electron chi connectivity index (χ1n) is 7.61. The van der Waals surface area contributed by atoms with Gasteiger partial charge in [-0.2, -0.15) is 5.26 Å². The molecule has 0 aliphatic carbocycles. The van der Waals surface area contributed by atoms with Crippen molar-refractivity contribution in [2.24, 2.45) is 0 Å². The van der Waals surface area contributed by atoms with Crippen LogP contribution in [0.4, 0.5) is 17.1 Å². The zero-order valence-electron chi connectivity index (χ0n) is 14.5. The van der Waals surface area contributed by atoms with Crippen molar-refractivity contribution in [3.8, 4) is 6.07 Å². The summed E-state index contributed by atoms with van der Waals surface area (Å²) in [7, 11) is 0. The van der Waals surface area contributed by atoms with Gasteiger partial charge in [0.15, 0.2) is 0 Å². The summed E-state index contributed by atoms with van der Waals surface area (Å²) in [5, 5.41) is 33.4. The van der Waals surface area contributed by atoms with Gasteiger partial charge in [-0.1, -0.05) is 12.2 Å². The van der Waals surface area contributed by atoms with Crippen LogP contribution in [-0.4, -0.2) is 22.4 Å². The van der Waals surface area contributed by atoms with Crippen LogP contribution in [-0.2, 0) is 9.53 Å². The summed E-state index contributed by atoms with van der Waals surface area (Å²) >= 11 is 0. The van der Waals surface area contributed by atoms with Crippen molar-refractivity contribution in [3.63, 3.8) is 0 Å². The Morgan fingerprint density at radius 1 is 1.33 bits per heavy atom. The monoisotopic (exact) mass is 372 g/mol. The molecule has 0 saturated heterocycles. The second-order valence-electron chi connectivity index (χ2n) is 5.02. The Balaban J connectivity index is 2.94. The molecule has 0 aliphatic heterocycles. The maximum atomic E-state index is 11.5. The van der Waals surface area contributed by atoms with E-state index in [-0.39, 0.29) is 23.6 Å². The summed E-state index contributed by atoms with van der Waals surface area (Å²) in [6.07, 6.45) is 5.73. The van der Waals surface area contributed by atoms with Gasteiger partial charge in [0.1, 0.15) is 17.3 Å². The number of allylic oxidation sites excluding steroid dienone is 4. The Morgan fingerprint density at radius 2 is 2.04 bits per heavy atom. The minimum atomic E-state index is -0.731. The molecule has 0 saturated carbocycles. The first kappa shape index (κ1) is 21.0. The Kier molecular flexibility index (Phi) is 7.87. The summed E-state index contributed by atoms with van der Waals surface area (Å²) in [4.78, 5) is 31.8. The molecule has 0 aromatic heterocycles. The van der Waals surface area contributed by atoms with E-state index in [4.69, 9.17) is 10.00 Å². The van der Waals surface area contributed by atoms with Crippen LogP contribution >= 0.6 is 0 Å². The van der Waals surface area contributed by atoms with Crippen LogP contribution in [0.2, 0.25) is 0 Å². The molecule has 0 aliphatic rings. The number of non-ortho nitro benzene ring substituents is 1. The Bertz CT molecular complexity index is 880. The summed E-state index contributed by atoms with van der Waals surface area (Å²) in [6, 6.07) is 4.97. The molecular formula is C17H16N4O6. The lowest BCUT2D eigenvalue weighted by atomic mass is 10.2. The van der Waals surface area contributed by atoms with Gasteiger partial charge in [-0.05, 0) is 31.6 Å². The van der Waals surface area contributed by atoms with Crippen LogP contribution in [0.1, 0.15) is 13.8 Å². The van der Waals surface area contributed by atoms with Gasteiger partial charge in [0.2, 0.25) is 0 Å². The highest BCUT2D eigenvalue weighted by atomic mass is 16.6. The van der Waals surface area contributed by atoms with Gasteiger partial charge in [0.25, 0.3) is 11.4 Å². The minimum Gasteiger partial charge on any atom is -0.462 e. The highest BCUT2D eigenvalue weighted by Gasteiger charge is 2.18. The van der Waals surface area contributed by atoms with Crippen molar-refractivity contribution in [2.75, 3.05) is 11.9 Å². The smallest absolute Gasteiger partial charge is 0.348 e. The van der Waals surface area contributed by atoms with E-state index in [1.54, 1.807) is 26.0 Å². The minimum absolute atomic E-state index is 0.0816. The van der Waals surface area contributed by atoms with Crippen molar-refractivity contribution in [1.29, 1.82) is 5.26 Å². The molecule has 0 unspecified atom stereocenters. The van der Waals surface area contributed by atoms with Gasteiger partial charge < -0.3 is 10.1 Å². The molecule has 0 bridgehead atoms. The second kappa shape index (κ2) is 10.1. The maximum Gasteiger partial charge on any atom is 0.348 e. The average molecular weight is 372 g/mol. The quantitative estimate of drug-likeness (QED) is 0.182. The number of carbonyl (C=O) groups excluding carboxylic acids is 1. The van der Waals surface area contributed by atoms with Crippen LogP contribution in [0, 0.1) is 31.6 Å². The van der Waals surface area contributed by atoms with Gasteiger partial charge in [0, 0.05) is 12.3 Å². The second-order valence-corrected chi connectivity index (χ2v) is 5.02. The van der Waals surface area contributed by atoms with E-state index < -0.39 is 21.5 Å². The van der Waals surface area contributed by atoms with Crippen LogP contribution in [0.25, 0.3) is 0 Å². The molecule has 1 N–H and O–H groups in total. The molecule has 1 aromatic rings. The molecule has 0 spiro atoms. The highest BCUT2D eigenvalue weighted by molar-refractivity contribution is 5.93. The number of hydrogen-bond donors (Lipinski definition) is 1. The lowest BCUT2D eigenvalue weighted by molar-refractivity contribution is -0.393. The Morgan fingerprint density at radius 3 is 2.59 bits per heavy atom. The highest BCUT2D eigenvalue weighted by Crippen LogP contribution is 2.29. The van der Waals surface area contributed by atoms with Gasteiger partial charge in [-0.15, -0.1) is 0 Å². The SMILES string of the molecule is CCOC(=O)/C(C#N)=C/C=C\C(C)=C/Nc1ccc([N+](=O)[O-])cc1[N+](=O)[O-]. The molecular weight excluding hydrogens is 356 g/mol. The van der Waals surface area contributed by atoms with Crippen LogP contribution < -0.4 is 5.32 Å². The predicted molar refractivity (Wildman–Crippen MR) is 96.6 cm³/mol. The predicted octanol–water partition coefficient (Wildman–Crippen LogP) is 3.39. The molecule has 1 aromatic carbocycles. The van der Waals surface area contributed by atoms with Crippen molar-refractivity contribution >= 4 is 23.0 Å². The number of nitrogens with zero attached hydrogens (tertiary/aromatic N) is 3. The molecule has 10 heteroatoms. The Labute approximate surface area is 154 Å². The topological polar surface area (TPSA) is 148 Å². The Hall–Kier alpha value is -4.00. The largest absolute Gasteiger partial charge is 0.462 e. The number of hydrogen-bond acceptors (Lipinski definition) is 8. The number of carbonyl (C=O) groups is 1. The third kappa shape index (κ3) is 6.43. The van der Waals surface area contributed by atoms with Crippen LogP contribution in [0.5, 0.6) is 0 Å². The number of rotatable bonds is 8. The fourth-order valence-corrected chi connectivity index (χ4v) is 1.80. The summed E-state index contributed by atoms with van der Waals surface area (Å²) < 4.78 is 4.72. The van der Waals surface area contributed by atoms with Gasteiger partial charge in [-0.25, -0.2) is 4.79 Å². The lowest BCUT2D eigenvalue weighted by Gasteiger charge is -2.03. The molecule has 10 nitrogen and oxygen atoms in total. The number of esters is 1. The molecule has 0 atom stereocenters. The maximum absolute atomic E-state index is 11.5. The zero-order chi connectivity index (χ0) is 20.4. The number of nitro groups is 2. The third-order valence-electron chi connectivity index (χ3n) is 3.08. The molecule has 0 radical (unpaired) electrons. The van der Waals surface area contributed by atoms with E-state index in [1.165, 1.54) is 24.4 Å². The number of benzene rings is 1. The number of ether oxygens (including phenoxy) is 1. The number of nitriles is 1. The van der Waals surface area contributed by atoms with E-state index in [0.717, 1.165) is 12.1 Å². The van der Waals surface area contributed by atoms with Crippen molar-refractivity contribution in [1.82, 2.24) is 0 Å². The van der Waals surface area contributed by atoms with E-state index in [2.05, 4.69) is 5.32 Å². The standard InChI is InChI=1S/C17H16N4O6/c1-3-27-17(22)13(10-18)6-4-5-12(2)11-19-15-8-7-14(20(23)24)9-16(15)21(25)26/h4-9,11,19H,3H2,1-2H3/b5-4-,12-11-,13-6+. The van der Waals surface area contributed by atoms with E-state index in [1.807, 2.05) is 0 Å². The molecule has 0 fully saturated rings. The fraction of sp³-hybridized carbons (Fsp3) is 0.176. The van der Waals surface area contributed by atoms with E-state index in [0.29, 0.717) is 5.57 Å². The van der Waals surface area contributed by atoms with Crippen molar-refractivity contribution in [3.05, 3.63) is 74.0 Å². The van der Waals surface area contributed by atoms with Crippen molar-refractivity contribution in [2.45, 2.75) is 13.8 Å². The molecule has 0 heterocycles. The van der Waals surface area contributed by atoms with Crippen LogP contribution in [0.15, 0.2) is 53.8 Å². The summed E-state index contributed by atoms with van der Waals surface area (Å²) in [6.45, 7) is 3.45. The fourth-order valence-electron chi connectivity index (χ4n) is 1.80. The van der Waals surface area contributed by atoms with Gasteiger partial charge in [-0.3, -0.25) is 20.2 Å². The summed E-state index contributed by atoms with van der Waals surface area (Å²) in [5.74, 6) is -0.731. The number of nitro benzene ring substituents is 2. The zero-order valence-corrected chi connectivity index (χ0v) is 14.5. The third-order valence-corrected chi connectivity index (χ3v) is 3.08. The molecule has 27 heavy (non-hydrogen) atoms. The first-order chi connectivity index (χ1) is 12.8. The summed E-state index contributed by atoms with van der Waals surface area (Å²) in [5.41, 5.74) is -0.301.